The molecule has 2 N–H and O–H groups in total. The van der Waals surface area contributed by atoms with Gasteiger partial charge in [-0.25, -0.2) is 4.39 Å². The van der Waals surface area contributed by atoms with Gasteiger partial charge >= 0.3 is 0 Å². The smallest absolute Gasteiger partial charge is 0.223 e. The monoisotopic (exact) mass is 312 g/mol. The van der Waals surface area contributed by atoms with Crippen molar-refractivity contribution >= 4 is 17.5 Å². The average molecular weight is 313 g/mol. The SMILES string of the molecule is CC(C)CN1C(=O)CCCC(N)C1c1cc(Cl)ccc1F. The zero-order valence-electron chi connectivity index (χ0n) is 12.5. The average Bonchev–Trinajstić information content (AvgIpc) is 2.53. The van der Waals surface area contributed by atoms with Gasteiger partial charge in [-0.3, -0.25) is 4.79 Å². The lowest BCUT2D eigenvalue weighted by Gasteiger charge is -2.35. The molecule has 2 unspecified atom stereocenters. The molecule has 1 heterocycles. The maximum atomic E-state index is 14.2. The number of carbonyl (C=O) groups excluding carboxylic acids is 1. The summed E-state index contributed by atoms with van der Waals surface area (Å²) >= 11 is 6.00. The number of likely N-dealkylation sites (tertiary alicyclic amines) is 1. The van der Waals surface area contributed by atoms with E-state index in [9.17, 15) is 9.18 Å². The highest BCUT2D eigenvalue weighted by atomic mass is 35.5. The first-order valence-corrected chi connectivity index (χ1v) is 7.78. The maximum absolute atomic E-state index is 14.2. The standard InChI is InChI=1S/C16H22ClFN2O/c1-10(2)9-20-15(21)5-3-4-14(19)16(20)12-8-11(17)6-7-13(12)18/h6-8,10,14,16H,3-5,9,19H2,1-2H3. The molecule has 2 atom stereocenters. The minimum Gasteiger partial charge on any atom is -0.334 e. The van der Waals surface area contributed by atoms with Crippen molar-refractivity contribution in [3.8, 4) is 0 Å². The van der Waals surface area contributed by atoms with E-state index in [0.29, 0.717) is 35.9 Å². The second-order valence-electron chi connectivity index (χ2n) is 6.11. The summed E-state index contributed by atoms with van der Waals surface area (Å²) in [4.78, 5) is 14.1. The summed E-state index contributed by atoms with van der Waals surface area (Å²) in [5.74, 6) is -0.0201. The minimum atomic E-state index is -0.443. The number of benzene rings is 1. The van der Waals surface area contributed by atoms with Crippen molar-refractivity contribution in [2.75, 3.05) is 6.54 Å². The molecule has 0 saturated carbocycles. The summed E-state index contributed by atoms with van der Waals surface area (Å²) in [6.07, 6.45) is 1.92. The van der Waals surface area contributed by atoms with Crippen LogP contribution in [-0.4, -0.2) is 23.4 Å². The van der Waals surface area contributed by atoms with Crippen molar-refractivity contribution in [1.82, 2.24) is 4.90 Å². The Labute approximate surface area is 130 Å². The van der Waals surface area contributed by atoms with Gasteiger partial charge in [0.05, 0.1) is 6.04 Å². The van der Waals surface area contributed by atoms with E-state index in [2.05, 4.69) is 0 Å². The Balaban J connectivity index is 2.46. The van der Waals surface area contributed by atoms with Crippen LogP contribution < -0.4 is 5.73 Å². The van der Waals surface area contributed by atoms with E-state index in [1.807, 2.05) is 13.8 Å². The van der Waals surface area contributed by atoms with Gasteiger partial charge in [-0.2, -0.15) is 0 Å². The number of hydrogen-bond acceptors (Lipinski definition) is 2. The van der Waals surface area contributed by atoms with Crippen LogP contribution in [-0.2, 0) is 4.79 Å². The fourth-order valence-corrected chi connectivity index (χ4v) is 3.11. The van der Waals surface area contributed by atoms with Crippen LogP contribution in [0.5, 0.6) is 0 Å². The van der Waals surface area contributed by atoms with Crippen LogP contribution in [0.3, 0.4) is 0 Å². The van der Waals surface area contributed by atoms with E-state index < -0.39 is 6.04 Å². The molecule has 1 amide bonds. The predicted molar refractivity (Wildman–Crippen MR) is 82.5 cm³/mol. The molecule has 0 bridgehead atoms. The number of amides is 1. The zero-order valence-corrected chi connectivity index (χ0v) is 13.2. The van der Waals surface area contributed by atoms with Crippen LogP contribution in [0.4, 0.5) is 4.39 Å². The predicted octanol–water partition coefficient (Wildman–Crippen LogP) is 3.52. The summed E-state index contributed by atoms with van der Waals surface area (Å²) in [6, 6.07) is 3.72. The molecule has 0 aromatic heterocycles. The van der Waals surface area contributed by atoms with Gasteiger partial charge in [0.15, 0.2) is 0 Å². The molecule has 3 nitrogen and oxygen atoms in total. The van der Waals surface area contributed by atoms with Gasteiger partial charge in [-0.05, 0) is 37.0 Å². The first kappa shape index (κ1) is 16.2. The molecule has 21 heavy (non-hydrogen) atoms. The third-order valence-corrected chi connectivity index (χ3v) is 4.06. The number of nitrogens with zero attached hydrogens (tertiary/aromatic N) is 1. The third kappa shape index (κ3) is 3.74. The molecule has 116 valence electrons. The minimum absolute atomic E-state index is 0.0426. The summed E-state index contributed by atoms with van der Waals surface area (Å²) in [7, 11) is 0. The van der Waals surface area contributed by atoms with Crippen molar-refractivity contribution in [3.05, 3.63) is 34.6 Å². The second kappa shape index (κ2) is 6.75. The van der Waals surface area contributed by atoms with Gasteiger partial charge in [-0.1, -0.05) is 25.4 Å². The summed E-state index contributed by atoms with van der Waals surface area (Å²) in [5.41, 5.74) is 6.68. The van der Waals surface area contributed by atoms with Gasteiger partial charge < -0.3 is 10.6 Å². The zero-order chi connectivity index (χ0) is 15.6. The Morgan fingerprint density at radius 3 is 2.86 bits per heavy atom. The fraction of sp³-hybridized carbons (Fsp3) is 0.562. The van der Waals surface area contributed by atoms with Crippen LogP contribution in [0, 0.1) is 11.7 Å². The van der Waals surface area contributed by atoms with Crippen molar-refractivity contribution in [2.45, 2.75) is 45.2 Å². The molecule has 1 aromatic rings. The van der Waals surface area contributed by atoms with Gasteiger partial charge in [0.1, 0.15) is 5.82 Å². The van der Waals surface area contributed by atoms with E-state index >= 15 is 0 Å². The molecular weight excluding hydrogens is 291 g/mol. The molecule has 0 radical (unpaired) electrons. The van der Waals surface area contributed by atoms with Crippen molar-refractivity contribution in [3.63, 3.8) is 0 Å². The molecule has 1 aliphatic rings. The maximum Gasteiger partial charge on any atom is 0.223 e. The molecule has 1 fully saturated rings. The molecule has 0 spiro atoms. The van der Waals surface area contributed by atoms with Gasteiger partial charge in [0, 0.05) is 29.6 Å². The lowest BCUT2D eigenvalue weighted by Crippen LogP contribution is -2.44. The summed E-state index contributed by atoms with van der Waals surface area (Å²) < 4.78 is 14.2. The largest absolute Gasteiger partial charge is 0.334 e. The van der Waals surface area contributed by atoms with Gasteiger partial charge in [0.25, 0.3) is 0 Å². The number of halogens is 2. The van der Waals surface area contributed by atoms with Crippen LogP contribution in [0.25, 0.3) is 0 Å². The first-order valence-electron chi connectivity index (χ1n) is 7.40. The Bertz CT molecular complexity index is 521. The second-order valence-corrected chi connectivity index (χ2v) is 6.54. The number of rotatable bonds is 3. The lowest BCUT2D eigenvalue weighted by molar-refractivity contribution is -0.133. The normalized spacial score (nSPS) is 23.5. The van der Waals surface area contributed by atoms with Crippen molar-refractivity contribution in [2.24, 2.45) is 11.7 Å². The van der Waals surface area contributed by atoms with Crippen LogP contribution >= 0.6 is 11.6 Å². The quantitative estimate of drug-likeness (QED) is 0.928. The Morgan fingerprint density at radius 2 is 2.19 bits per heavy atom. The van der Waals surface area contributed by atoms with Gasteiger partial charge in [0.2, 0.25) is 5.91 Å². The number of carbonyl (C=O) groups is 1. The Kier molecular flexibility index (Phi) is 5.22. The molecule has 1 aromatic carbocycles. The molecule has 5 heteroatoms. The molecule has 1 saturated heterocycles. The van der Waals surface area contributed by atoms with Crippen molar-refractivity contribution in [1.29, 1.82) is 0 Å². The summed E-state index contributed by atoms with van der Waals surface area (Å²) in [5, 5.41) is 0.458. The van der Waals surface area contributed by atoms with E-state index in [1.54, 1.807) is 11.0 Å². The fourth-order valence-electron chi connectivity index (χ4n) is 2.93. The Morgan fingerprint density at radius 1 is 1.48 bits per heavy atom. The molecule has 0 aliphatic carbocycles. The highest BCUT2D eigenvalue weighted by molar-refractivity contribution is 6.30. The van der Waals surface area contributed by atoms with Crippen LogP contribution in [0.15, 0.2) is 18.2 Å². The topological polar surface area (TPSA) is 46.3 Å². The van der Waals surface area contributed by atoms with E-state index in [4.69, 9.17) is 17.3 Å². The highest BCUT2D eigenvalue weighted by Crippen LogP contribution is 2.33. The number of hydrogen-bond donors (Lipinski definition) is 1. The van der Waals surface area contributed by atoms with E-state index in [1.165, 1.54) is 12.1 Å². The lowest BCUT2D eigenvalue weighted by atomic mass is 9.95. The Hall–Kier alpha value is -1.13. The molecule has 1 aliphatic heterocycles. The molecule has 2 rings (SSSR count). The molecular formula is C16H22ClFN2O. The number of nitrogens with two attached hydrogens (primary N) is 1. The highest BCUT2D eigenvalue weighted by Gasteiger charge is 2.34. The van der Waals surface area contributed by atoms with Gasteiger partial charge in [-0.15, -0.1) is 0 Å². The van der Waals surface area contributed by atoms with E-state index in [-0.39, 0.29) is 17.8 Å². The van der Waals surface area contributed by atoms with Crippen LogP contribution in [0.1, 0.15) is 44.7 Å². The van der Waals surface area contributed by atoms with Crippen molar-refractivity contribution < 1.29 is 9.18 Å². The van der Waals surface area contributed by atoms with Crippen LogP contribution in [0.2, 0.25) is 5.02 Å². The first-order chi connectivity index (χ1) is 9.90. The summed E-state index contributed by atoms with van der Waals surface area (Å²) in [6.45, 7) is 4.65. The third-order valence-electron chi connectivity index (χ3n) is 3.83. The van der Waals surface area contributed by atoms with E-state index in [0.717, 1.165) is 6.42 Å².